The number of aromatic amines is 1. The van der Waals surface area contributed by atoms with E-state index in [0.717, 1.165) is 0 Å². The number of esters is 2. The minimum absolute atomic E-state index is 0.0225. The van der Waals surface area contributed by atoms with Crippen LogP contribution in [0.4, 0.5) is 19.0 Å². The molecule has 0 aliphatic heterocycles. The van der Waals surface area contributed by atoms with Crippen LogP contribution in [0.2, 0.25) is 5.02 Å². The molecule has 2 aromatic rings. The van der Waals surface area contributed by atoms with Crippen LogP contribution in [-0.2, 0) is 26.9 Å². The zero-order valence-electron chi connectivity index (χ0n) is 16.1. The molecule has 1 amide bonds. The van der Waals surface area contributed by atoms with Gasteiger partial charge in [0.1, 0.15) is 5.69 Å². The van der Waals surface area contributed by atoms with Gasteiger partial charge >= 0.3 is 18.1 Å². The molecule has 0 fully saturated rings. The number of carbonyl (C=O) groups excluding carboxylic acids is 3. The lowest BCUT2D eigenvalue weighted by atomic mass is 10.1. The normalized spacial score (nSPS) is 11.2. The van der Waals surface area contributed by atoms with Crippen molar-refractivity contribution in [3.05, 3.63) is 45.4 Å². The van der Waals surface area contributed by atoms with Gasteiger partial charge in [-0.05, 0) is 25.0 Å². The van der Waals surface area contributed by atoms with Crippen molar-refractivity contribution < 1.29 is 37.0 Å². The van der Waals surface area contributed by atoms with Gasteiger partial charge in [-0.2, -0.15) is 13.2 Å². The van der Waals surface area contributed by atoms with E-state index in [4.69, 9.17) is 21.1 Å². The van der Waals surface area contributed by atoms with Crippen LogP contribution in [0.1, 0.15) is 44.6 Å². The number of aryl methyl sites for hydroxylation is 1. The molecular formula is C18H17ClF3N3O5. The van der Waals surface area contributed by atoms with Crippen molar-refractivity contribution in [2.24, 2.45) is 0 Å². The number of carbonyl (C=O) groups is 3. The number of amides is 1. The molecular weight excluding hydrogens is 431 g/mol. The maximum atomic E-state index is 12.6. The third-order valence-electron chi connectivity index (χ3n) is 4.04. The fourth-order valence-corrected chi connectivity index (χ4v) is 2.78. The predicted molar refractivity (Wildman–Crippen MR) is 99.4 cm³/mol. The van der Waals surface area contributed by atoms with Gasteiger partial charge in [0.05, 0.1) is 23.3 Å². The minimum Gasteiger partial charge on any atom is -0.465 e. The highest BCUT2D eigenvalue weighted by Crippen LogP contribution is 2.32. The lowest BCUT2D eigenvalue weighted by molar-refractivity contribution is -0.137. The second-order valence-electron chi connectivity index (χ2n) is 6.00. The van der Waals surface area contributed by atoms with Crippen LogP contribution in [0.25, 0.3) is 0 Å². The van der Waals surface area contributed by atoms with Gasteiger partial charge in [0.2, 0.25) is 0 Å². The lowest BCUT2D eigenvalue weighted by Gasteiger charge is -2.10. The largest absolute Gasteiger partial charge is 0.465 e. The maximum absolute atomic E-state index is 12.6. The van der Waals surface area contributed by atoms with Gasteiger partial charge in [-0.1, -0.05) is 18.5 Å². The number of hydrogen-bond acceptors (Lipinski definition) is 6. The van der Waals surface area contributed by atoms with E-state index in [9.17, 15) is 27.6 Å². The van der Waals surface area contributed by atoms with Crippen LogP contribution in [0.3, 0.4) is 0 Å². The summed E-state index contributed by atoms with van der Waals surface area (Å²) in [7, 11) is 1.21. The molecule has 0 aliphatic carbocycles. The Labute approximate surface area is 173 Å². The first-order valence-electron chi connectivity index (χ1n) is 8.49. The highest BCUT2D eigenvalue weighted by molar-refractivity contribution is 6.33. The molecule has 30 heavy (non-hydrogen) atoms. The summed E-state index contributed by atoms with van der Waals surface area (Å²) in [5.41, 5.74) is -0.122. The number of nitrogens with one attached hydrogen (secondary N) is 2. The molecule has 0 saturated heterocycles. The molecule has 0 bridgehead atoms. The number of nitrogens with zero attached hydrogens (tertiary/aromatic N) is 1. The van der Waals surface area contributed by atoms with Gasteiger partial charge in [-0.15, -0.1) is 0 Å². The van der Waals surface area contributed by atoms with Gasteiger partial charge < -0.3 is 19.8 Å². The first kappa shape index (κ1) is 23.2. The predicted octanol–water partition coefficient (Wildman–Crippen LogP) is 3.53. The standard InChI is InChI=1S/C18H17ClF3N3O5/c1-4-11-13(16(27)29-3)8(2)14(24-11)17(28)30-7-12(26)25-15-10(19)5-9(6-23-15)18(20,21)22/h5-6,24H,4,7H2,1-3H3,(H,23,25,26). The molecule has 0 radical (unpaired) electrons. The van der Waals surface area contributed by atoms with Gasteiger partial charge in [-0.25, -0.2) is 14.6 Å². The van der Waals surface area contributed by atoms with Gasteiger partial charge in [0.25, 0.3) is 5.91 Å². The van der Waals surface area contributed by atoms with Crippen molar-refractivity contribution in [2.75, 3.05) is 19.0 Å². The fourth-order valence-electron chi connectivity index (χ4n) is 2.56. The maximum Gasteiger partial charge on any atom is 0.417 e. The summed E-state index contributed by atoms with van der Waals surface area (Å²) in [6.07, 6.45) is -3.71. The summed E-state index contributed by atoms with van der Waals surface area (Å²) >= 11 is 5.70. The fraction of sp³-hybridized carbons (Fsp3) is 0.333. The first-order chi connectivity index (χ1) is 14.0. The number of aromatic nitrogens is 2. The van der Waals surface area contributed by atoms with Crippen LogP contribution in [0, 0.1) is 6.92 Å². The Morgan fingerprint density at radius 3 is 2.47 bits per heavy atom. The smallest absolute Gasteiger partial charge is 0.417 e. The van der Waals surface area contributed by atoms with E-state index in [-0.39, 0.29) is 17.1 Å². The molecule has 2 heterocycles. The minimum atomic E-state index is -4.64. The molecule has 0 unspecified atom stereocenters. The number of alkyl halides is 3. The average Bonchev–Trinajstić information content (AvgIpc) is 3.02. The summed E-state index contributed by atoms with van der Waals surface area (Å²) in [6.45, 7) is 2.52. The zero-order chi connectivity index (χ0) is 22.6. The highest BCUT2D eigenvalue weighted by atomic mass is 35.5. The third-order valence-corrected chi connectivity index (χ3v) is 4.32. The molecule has 2 rings (SSSR count). The number of pyridine rings is 1. The van der Waals surface area contributed by atoms with E-state index in [1.807, 2.05) is 0 Å². The molecule has 162 valence electrons. The van der Waals surface area contributed by atoms with Crippen molar-refractivity contribution >= 4 is 35.3 Å². The van der Waals surface area contributed by atoms with E-state index in [1.165, 1.54) is 14.0 Å². The Hall–Kier alpha value is -3.08. The Balaban J connectivity index is 2.06. The highest BCUT2D eigenvalue weighted by Gasteiger charge is 2.32. The Bertz CT molecular complexity index is 988. The monoisotopic (exact) mass is 447 g/mol. The summed E-state index contributed by atoms with van der Waals surface area (Å²) in [5.74, 6) is -2.71. The average molecular weight is 448 g/mol. The molecule has 0 spiro atoms. The summed E-state index contributed by atoms with van der Waals surface area (Å²) in [6, 6.07) is 0.610. The van der Waals surface area contributed by atoms with Crippen molar-refractivity contribution in [3.8, 4) is 0 Å². The van der Waals surface area contributed by atoms with Crippen molar-refractivity contribution in [1.82, 2.24) is 9.97 Å². The number of anilines is 1. The first-order valence-corrected chi connectivity index (χ1v) is 8.86. The van der Waals surface area contributed by atoms with Crippen LogP contribution >= 0.6 is 11.6 Å². The molecule has 8 nitrogen and oxygen atoms in total. The van der Waals surface area contributed by atoms with Crippen molar-refractivity contribution in [3.63, 3.8) is 0 Å². The summed E-state index contributed by atoms with van der Waals surface area (Å²) < 4.78 is 47.5. The van der Waals surface area contributed by atoms with Crippen LogP contribution in [0.15, 0.2) is 12.3 Å². The number of H-pyrrole nitrogens is 1. The Kier molecular flexibility index (Phi) is 7.08. The summed E-state index contributed by atoms with van der Waals surface area (Å²) in [5, 5.41) is 1.72. The third kappa shape index (κ3) is 5.09. The molecule has 0 saturated carbocycles. The molecule has 0 aromatic carbocycles. The van der Waals surface area contributed by atoms with Gasteiger partial charge in [0, 0.05) is 11.9 Å². The SMILES string of the molecule is CCc1[nH]c(C(=O)OCC(=O)Nc2ncc(C(F)(F)F)cc2Cl)c(C)c1C(=O)OC. The molecule has 12 heteroatoms. The molecule has 2 N–H and O–H groups in total. The van der Waals surface area contributed by atoms with Crippen LogP contribution < -0.4 is 5.32 Å². The quantitative estimate of drug-likeness (QED) is 0.655. The molecule has 0 atom stereocenters. The number of hydrogen-bond donors (Lipinski definition) is 2. The van der Waals surface area contributed by atoms with E-state index in [2.05, 4.69) is 15.3 Å². The summed E-state index contributed by atoms with van der Waals surface area (Å²) in [4.78, 5) is 42.4. The van der Waals surface area contributed by atoms with E-state index < -0.39 is 41.2 Å². The molecule has 2 aromatic heterocycles. The van der Waals surface area contributed by atoms with Crippen molar-refractivity contribution in [2.45, 2.75) is 26.4 Å². The molecule has 0 aliphatic rings. The number of halogens is 4. The number of methoxy groups -OCH3 is 1. The van der Waals surface area contributed by atoms with Gasteiger partial charge in [0.15, 0.2) is 12.4 Å². The number of rotatable bonds is 6. The van der Waals surface area contributed by atoms with Crippen molar-refractivity contribution in [1.29, 1.82) is 0 Å². The second kappa shape index (κ2) is 9.16. The lowest BCUT2D eigenvalue weighted by Crippen LogP contribution is -2.22. The van der Waals surface area contributed by atoms with E-state index in [1.54, 1.807) is 6.92 Å². The van der Waals surface area contributed by atoms with Crippen LogP contribution in [0.5, 0.6) is 0 Å². The van der Waals surface area contributed by atoms with Crippen LogP contribution in [-0.4, -0.2) is 41.5 Å². The number of ether oxygens (including phenoxy) is 2. The Morgan fingerprint density at radius 2 is 1.93 bits per heavy atom. The second-order valence-corrected chi connectivity index (χ2v) is 6.41. The Morgan fingerprint density at radius 1 is 1.27 bits per heavy atom. The van der Waals surface area contributed by atoms with E-state index in [0.29, 0.717) is 29.9 Å². The van der Waals surface area contributed by atoms with E-state index >= 15 is 0 Å². The topological polar surface area (TPSA) is 110 Å². The van der Waals surface area contributed by atoms with Gasteiger partial charge in [-0.3, -0.25) is 4.79 Å². The zero-order valence-corrected chi connectivity index (χ0v) is 16.8.